The van der Waals surface area contributed by atoms with Gasteiger partial charge in [-0.1, -0.05) is 33.3 Å². The number of allylic oxidation sites excluding steroid dienone is 1. The summed E-state index contributed by atoms with van der Waals surface area (Å²) >= 11 is 0. The first-order valence-corrected chi connectivity index (χ1v) is 21.2. The van der Waals surface area contributed by atoms with Crippen LogP contribution in [0.4, 0.5) is 9.18 Å². The molecule has 7 atom stereocenters. The topological polar surface area (TPSA) is 182 Å². The lowest BCUT2D eigenvalue weighted by atomic mass is 9.85. The molecule has 3 aliphatic rings. The second-order valence-electron chi connectivity index (χ2n) is 17.3. The quantitative estimate of drug-likeness (QED) is 0.172. The predicted octanol–water partition coefficient (Wildman–Crippen LogP) is 5.54. The number of sulfonamides is 1. The molecule has 0 unspecified atom stereocenters. The maximum atomic E-state index is 15.0. The SMILES string of the molecule is C=CCC[C@@H](C)C[C@@H](CC)[C@H](NC(=O)OC(C)(C)C)C(=O)N1C[C@H](Oc2nc(OC)cc3cc(F)ccc23)C[C@H]1C(=O)N[C@]1(C(=O)NS(=O)(=O)C2(C)CC2)C[C@H]1C. The van der Waals surface area contributed by atoms with Gasteiger partial charge in [0.1, 0.15) is 35.1 Å². The molecule has 0 bridgehead atoms. The third-order valence-corrected chi connectivity index (χ3v) is 13.6. The van der Waals surface area contributed by atoms with E-state index >= 15 is 0 Å². The van der Waals surface area contributed by atoms with E-state index in [1.54, 1.807) is 40.7 Å². The van der Waals surface area contributed by atoms with E-state index in [1.807, 2.05) is 13.0 Å². The minimum Gasteiger partial charge on any atom is -0.481 e. The Morgan fingerprint density at radius 2 is 1.86 bits per heavy atom. The summed E-state index contributed by atoms with van der Waals surface area (Å²) in [5.74, 6) is -2.87. The number of alkyl carbamates (subject to hydrolysis) is 1. The van der Waals surface area contributed by atoms with Crippen LogP contribution in [0, 0.1) is 23.6 Å². The Hall–Kier alpha value is -4.47. The number of rotatable bonds is 17. The molecule has 1 aliphatic heterocycles. The third kappa shape index (κ3) is 9.98. The number of hydrogen-bond acceptors (Lipinski definition) is 10. The number of ether oxygens (including phenoxy) is 3. The Kier molecular flexibility index (Phi) is 12.9. The van der Waals surface area contributed by atoms with Crippen molar-refractivity contribution in [2.24, 2.45) is 17.8 Å². The lowest BCUT2D eigenvalue weighted by Gasteiger charge is -2.34. The summed E-state index contributed by atoms with van der Waals surface area (Å²) in [6.07, 6.45) is 3.87. The van der Waals surface area contributed by atoms with Crippen LogP contribution in [-0.2, 0) is 29.1 Å². The number of amides is 4. The van der Waals surface area contributed by atoms with Crippen molar-refractivity contribution in [2.45, 2.75) is 134 Å². The van der Waals surface area contributed by atoms with E-state index < -0.39 is 79.6 Å². The third-order valence-electron chi connectivity index (χ3n) is 11.5. The molecule has 4 amide bonds. The number of carbonyl (C=O) groups is 4. The first-order chi connectivity index (χ1) is 26.7. The second-order valence-corrected chi connectivity index (χ2v) is 19.5. The van der Waals surface area contributed by atoms with Crippen molar-refractivity contribution in [3.63, 3.8) is 0 Å². The van der Waals surface area contributed by atoms with Crippen molar-refractivity contribution >= 4 is 44.6 Å². The Labute approximate surface area is 335 Å². The minimum absolute atomic E-state index is 0.0483. The van der Waals surface area contributed by atoms with Crippen LogP contribution in [0.1, 0.15) is 99.8 Å². The number of aromatic nitrogens is 1. The first-order valence-electron chi connectivity index (χ1n) is 19.8. The predicted molar refractivity (Wildman–Crippen MR) is 212 cm³/mol. The summed E-state index contributed by atoms with van der Waals surface area (Å²) in [5.41, 5.74) is -2.38. The average molecular weight is 816 g/mol. The summed E-state index contributed by atoms with van der Waals surface area (Å²) in [4.78, 5) is 62.2. The zero-order chi connectivity index (χ0) is 42.1. The van der Waals surface area contributed by atoms with Crippen molar-refractivity contribution in [2.75, 3.05) is 13.7 Å². The van der Waals surface area contributed by atoms with Gasteiger partial charge in [-0.15, -0.1) is 6.58 Å². The molecule has 1 saturated heterocycles. The number of methoxy groups -OCH3 is 1. The Bertz CT molecular complexity index is 1980. The highest BCUT2D eigenvalue weighted by molar-refractivity contribution is 7.91. The van der Waals surface area contributed by atoms with Gasteiger partial charge in [0.15, 0.2) is 0 Å². The van der Waals surface area contributed by atoms with E-state index in [9.17, 15) is 32.0 Å². The van der Waals surface area contributed by atoms with Gasteiger partial charge in [0.25, 0.3) is 5.91 Å². The van der Waals surface area contributed by atoms with Crippen LogP contribution in [0.5, 0.6) is 11.8 Å². The average Bonchev–Trinajstić information content (AvgIpc) is 3.99. The Balaban J connectivity index is 1.49. The molecule has 2 aromatic rings. The van der Waals surface area contributed by atoms with Gasteiger partial charge in [-0.2, -0.15) is 4.98 Å². The molecule has 1 aromatic carbocycles. The molecule has 3 fully saturated rings. The van der Waals surface area contributed by atoms with Crippen molar-refractivity contribution in [3.05, 3.63) is 42.7 Å². The fourth-order valence-electron chi connectivity index (χ4n) is 7.53. The highest BCUT2D eigenvalue weighted by atomic mass is 32.2. The number of nitrogens with zero attached hydrogens (tertiary/aromatic N) is 2. The van der Waals surface area contributed by atoms with Crippen molar-refractivity contribution in [1.29, 1.82) is 0 Å². The van der Waals surface area contributed by atoms with Gasteiger partial charge in [-0.05, 0) is 108 Å². The molecular formula is C41H58FN5O9S. The lowest BCUT2D eigenvalue weighted by Crippen LogP contribution is -2.59. The van der Waals surface area contributed by atoms with Gasteiger partial charge in [-0.25, -0.2) is 17.6 Å². The highest BCUT2D eigenvalue weighted by Crippen LogP contribution is 2.46. The summed E-state index contributed by atoms with van der Waals surface area (Å²) in [7, 11) is -2.59. The molecule has 1 aromatic heterocycles. The van der Waals surface area contributed by atoms with Gasteiger partial charge < -0.3 is 29.7 Å². The summed E-state index contributed by atoms with van der Waals surface area (Å²) in [5, 5.41) is 6.58. The molecule has 0 spiro atoms. The van der Waals surface area contributed by atoms with Gasteiger partial charge >= 0.3 is 6.09 Å². The van der Waals surface area contributed by atoms with Crippen LogP contribution >= 0.6 is 0 Å². The van der Waals surface area contributed by atoms with E-state index in [4.69, 9.17) is 14.2 Å². The highest BCUT2D eigenvalue weighted by Gasteiger charge is 2.62. The Morgan fingerprint density at radius 3 is 2.44 bits per heavy atom. The summed E-state index contributed by atoms with van der Waals surface area (Å²) in [6, 6.07) is 3.35. The van der Waals surface area contributed by atoms with E-state index in [1.165, 1.54) is 30.2 Å². The van der Waals surface area contributed by atoms with Gasteiger partial charge in [-0.3, -0.25) is 19.1 Å². The molecule has 314 valence electrons. The molecule has 14 nitrogen and oxygen atoms in total. The summed E-state index contributed by atoms with van der Waals surface area (Å²) < 4.78 is 58.9. The molecule has 2 saturated carbocycles. The Morgan fingerprint density at radius 1 is 1.18 bits per heavy atom. The normalized spacial score (nSPS) is 24.1. The number of halogens is 1. The number of hydrogen-bond donors (Lipinski definition) is 3. The maximum Gasteiger partial charge on any atom is 0.408 e. The largest absolute Gasteiger partial charge is 0.481 e. The standard InChI is InChI=1S/C41H58FN5O9S/c1-10-12-13-24(3)18-26(11-2)33(44-38(51)56-39(5,6)7)36(49)47-23-29(55-35-30-15-14-28(42)19-27(30)20-32(43-35)54-9)21-31(47)34(48)45-41(22-25(41)4)37(50)46-57(52,53)40(8)16-17-40/h10,14-15,19-20,24-26,29,31,33H,1,11-13,16-18,21-23H2,2-9H3,(H,44,51)(H,45,48)(H,46,50)/t24-,25-,26-,29-,31+,33+,41-/m1/s1. The summed E-state index contributed by atoms with van der Waals surface area (Å²) in [6.45, 7) is 16.1. The number of carbonyl (C=O) groups excluding carboxylic acids is 4. The first kappa shape index (κ1) is 43.6. The van der Waals surface area contributed by atoms with Gasteiger partial charge in [0.2, 0.25) is 33.6 Å². The number of nitrogens with one attached hydrogen (secondary N) is 3. The molecule has 3 N–H and O–H groups in total. The fraction of sp³-hybridized carbons (Fsp3) is 0.634. The van der Waals surface area contributed by atoms with E-state index in [-0.39, 0.29) is 43.0 Å². The lowest BCUT2D eigenvalue weighted by molar-refractivity contribution is -0.142. The molecule has 16 heteroatoms. The van der Waals surface area contributed by atoms with Crippen LogP contribution < -0.4 is 24.8 Å². The van der Waals surface area contributed by atoms with Crippen LogP contribution in [0.2, 0.25) is 0 Å². The van der Waals surface area contributed by atoms with Gasteiger partial charge in [0.05, 0.1) is 18.4 Å². The van der Waals surface area contributed by atoms with E-state index in [0.717, 1.165) is 12.8 Å². The van der Waals surface area contributed by atoms with Crippen molar-refractivity contribution < 1.29 is 46.2 Å². The number of fused-ring (bicyclic) bond motifs is 1. The molecule has 57 heavy (non-hydrogen) atoms. The zero-order valence-electron chi connectivity index (χ0n) is 34.3. The van der Waals surface area contributed by atoms with Crippen LogP contribution in [-0.4, -0.2) is 89.8 Å². The van der Waals surface area contributed by atoms with Gasteiger partial charge in [0, 0.05) is 17.9 Å². The second kappa shape index (κ2) is 16.8. The number of benzene rings is 1. The molecular weight excluding hydrogens is 758 g/mol. The number of likely N-dealkylation sites (tertiary alicyclic amines) is 1. The van der Waals surface area contributed by atoms with E-state index in [0.29, 0.717) is 36.5 Å². The zero-order valence-corrected chi connectivity index (χ0v) is 35.1. The van der Waals surface area contributed by atoms with Crippen LogP contribution in [0.25, 0.3) is 10.8 Å². The van der Waals surface area contributed by atoms with Crippen LogP contribution in [0.15, 0.2) is 36.9 Å². The fourth-order valence-corrected chi connectivity index (χ4v) is 8.84. The van der Waals surface area contributed by atoms with Crippen molar-refractivity contribution in [1.82, 2.24) is 25.2 Å². The maximum absolute atomic E-state index is 15.0. The molecule has 2 aliphatic carbocycles. The number of pyridine rings is 1. The van der Waals surface area contributed by atoms with E-state index in [2.05, 4.69) is 33.8 Å². The minimum atomic E-state index is -4.00. The molecule has 2 heterocycles. The molecule has 5 rings (SSSR count). The smallest absolute Gasteiger partial charge is 0.408 e. The van der Waals surface area contributed by atoms with Crippen LogP contribution in [0.3, 0.4) is 0 Å². The van der Waals surface area contributed by atoms with Crippen molar-refractivity contribution in [3.8, 4) is 11.8 Å². The molecule has 0 radical (unpaired) electrons. The monoisotopic (exact) mass is 815 g/mol.